The second-order valence-corrected chi connectivity index (χ2v) is 7.66. The first-order valence-corrected chi connectivity index (χ1v) is 8.16. The molecular formula is C18H22Cl2NZr-. The molecule has 1 nitrogen and oxygen atoms in total. The van der Waals surface area contributed by atoms with Crippen LogP contribution in [0.5, 0.6) is 0 Å². The fraction of sp³-hybridized carbons (Fsp3) is 0.333. The van der Waals surface area contributed by atoms with Crippen molar-refractivity contribution in [1.29, 1.82) is 0 Å². The number of hydrogen-bond acceptors (Lipinski definition) is 1. The molecule has 1 aliphatic heterocycles. The van der Waals surface area contributed by atoms with Gasteiger partial charge in [-0.15, -0.1) is 6.42 Å². The van der Waals surface area contributed by atoms with Crippen molar-refractivity contribution in [2.75, 3.05) is 0 Å². The Morgan fingerprint density at radius 3 is 2.23 bits per heavy atom. The molecule has 0 N–H and O–H groups in total. The largest absolute Gasteiger partial charge is 1.00 e. The summed E-state index contributed by atoms with van der Waals surface area (Å²) in [5, 5.41) is 0. The molecule has 3 rings (SSSR count). The predicted molar refractivity (Wildman–Crippen MR) is 85.5 cm³/mol. The summed E-state index contributed by atoms with van der Waals surface area (Å²) in [5.74, 6) is 0.544. The third-order valence-electron chi connectivity index (χ3n) is 2.56. The van der Waals surface area contributed by atoms with Gasteiger partial charge < -0.3 is 24.8 Å². The van der Waals surface area contributed by atoms with E-state index in [2.05, 4.69) is 63.1 Å². The molecule has 2 aliphatic carbocycles. The van der Waals surface area contributed by atoms with Gasteiger partial charge in [0.25, 0.3) is 0 Å². The van der Waals surface area contributed by atoms with E-state index in [9.17, 15) is 0 Å². The van der Waals surface area contributed by atoms with Crippen molar-refractivity contribution >= 4 is 8.92 Å². The van der Waals surface area contributed by atoms with Crippen LogP contribution < -0.4 is 24.8 Å². The number of halogens is 2. The van der Waals surface area contributed by atoms with Crippen LogP contribution in [0, 0.1) is 12.0 Å². The zero-order chi connectivity index (χ0) is 15.0. The van der Waals surface area contributed by atoms with Gasteiger partial charge in [0.15, 0.2) is 0 Å². The van der Waals surface area contributed by atoms with Crippen molar-refractivity contribution < 1.29 is 49.0 Å². The quantitative estimate of drug-likeness (QED) is 0.465. The molecule has 0 fully saturated rings. The van der Waals surface area contributed by atoms with Crippen LogP contribution in [0.3, 0.4) is 0 Å². The first-order valence-electron chi connectivity index (χ1n) is 6.93. The van der Waals surface area contributed by atoms with Crippen LogP contribution in [-0.4, -0.2) is 8.92 Å². The molecule has 1 heterocycles. The minimum Gasteiger partial charge on any atom is -1.00 e. The van der Waals surface area contributed by atoms with E-state index >= 15 is 0 Å². The third kappa shape index (κ3) is 9.67. The summed E-state index contributed by atoms with van der Waals surface area (Å²) in [4.78, 5) is 4.47. The molecule has 0 bridgehead atoms. The molecule has 0 aromatic rings. The molecule has 0 atom stereocenters. The number of aliphatic imine (C=N–C) groups is 1. The Bertz CT molecular complexity index is 521. The van der Waals surface area contributed by atoms with Crippen LogP contribution in [-0.2, 0) is 24.2 Å². The monoisotopic (exact) mass is 412 g/mol. The summed E-state index contributed by atoms with van der Waals surface area (Å²) in [7, 11) is 0. The van der Waals surface area contributed by atoms with Crippen LogP contribution in [0.25, 0.3) is 0 Å². The molecule has 0 spiro atoms. The summed E-state index contributed by atoms with van der Waals surface area (Å²) in [6.07, 6.45) is 18.4. The van der Waals surface area contributed by atoms with Gasteiger partial charge in [-0.05, 0) is 18.1 Å². The number of allylic oxidation sites excluding steroid dienone is 8. The van der Waals surface area contributed by atoms with Crippen molar-refractivity contribution in [2.24, 2.45) is 10.9 Å². The van der Waals surface area contributed by atoms with Crippen molar-refractivity contribution in [3.05, 3.63) is 59.9 Å². The first kappa shape index (κ1) is 24.0. The first-order chi connectivity index (χ1) is 9.50. The Morgan fingerprint density at radius 2 is 1.86 bits per heavy atom. The number of nitrogens with zero attached hydrogens (tertiary/aromatic N) is 1. The Kier molecular flexibility index (Phi) is 14.3. The molecule has 0 amide bonds. The van der Waals surface area contributed by atoms with E-state index in [1.807, 2.05) is 18.2 Å². The van der Waals surface area contributed by atoms with Gasteiger partial charge in [0.2, 0.25) is 0 Å². The number of hydrogen-bond donors (Lipinski definition) is 0. The molecule has 3 aliphatic rings. The van der Waals surface area contributed by atoms with E-state index in [1.54, 1.807) is 24.2 Å². The zero-order valence-corrected chi connectivity index (χ0v) is 17.5. The minimum absolute atomic E-state index is 0. The Morgan fingerprint density at radius 1 is 1.23 bits per heavy atom. The van der Waals surface area contributed by atoms with Gasteiger partial charge in [-0.25, -0.2) is 12.2 Å². The van der Waals surface area contributed by atoms with E-state index in [4.69, 9.17) is 0 Å². The molecule has 22 heavy (non-hydrogen) atoms. The van der Waals surface area contributed by atoms with Gasteiger partial charge in [-0.3, -0.25) is 11.1 Å². The normalized spacial score (nSPS) is 15.3. The molecule has 0 aromatic heterocycles. The summed E-state index contributed by atoms with van der Waals surface area (Å²) in [5.41, 5.74) is 3.61. The van der Waals surface area contributed by atoms with Gasteiger partial charge in [-0.2, -0.15) is 6.08 Å². The average molecular weight is 415 g/mol. The summed E-state index contributed by atoms with van der Waals surface area (Å²) >= 11 is 1.55. The standard InChI is InChI=1S/C10H11N.C5H5.C3H6.2ClH.Zr/c1-7(2)10-6-8-4-3-5-9(8)11-10;1-2-4-5-3-1;1-3-2;;;/h3-7H,1-2H3;1-3H,4H2;1-2H3;2*1H;/q;-1;;;;+2/p-2. The average Bonchev–Trinajstić information content (AvgIpc) is 3.07. The Hall–Kier alpha value is -0.297. The third-order valence-corrected chi connectivity index (χ3v) is 2.56. The second kappa shape index (κ2) is 13.2. The molecular weight excluding hydrogens is 392 g/mol. The van der Waals surface area contributed by atoms with Gasteiger partial charge >= 0.3 is 41.3 Å². The van der Waals surface area contributed by atoms with Crippen molar-refractivity contribution in [1.82, 2.24) is 0 Å². The SMILES string of the molecule is CC(C)C1=NC2=CC=CC2=C1.C[C](C)=[Zr+2].[C-]1=CC=CC1.[Cl-].[Cl-]. The minimum atomic E-state index is 0. The number of rotatable bonds is 1. The maximum atomic E-state index is 4.47. The van der Waals surface area contributed by atoms with Gasteiger partial charge in [-0.1, -0.05) is 26.0 Å². The van der Waals surface area contributed by atoms with Crippen molar-refractivity contribution in [3.8, 4) is 0 Å². The van der Waals surface area contributed by atoms with Crippen LogP contribution in [0.2, 0.25) is 0 Å². The van der Waals surface area contributed by atoms with E-state index < -0.39 is 0 Å². The molecule has 4 heteroatoms. The van der Waals surface area contributed by atoms with E-state index in [1.165, 1.54) is 14.5 Å². The van der Waals surface area contributed by atoms with Crippen LogP contribution >= 0.6 is 0 Å². The smallest absolute Gasteiger partial charge is 0.109 e. The Labute approximate surface area is 162 Å². The molecule has 0 saturated carbocycles. The topological polar surface area (TPSA) is 12.4 Å². The van der Waals surface area contributed by atoms with Gasteiger partial charge in [0, 0.05) is 11.3 Å². The van der Waals surface area contributed by atoms with Crippen LogP contribution in [0.15, 0.2) is 58.8 Å². The van der Waals surface area contributed by atoms with E-state index in [-0.39, 0.29) is 24.8 Å². The molecule has 118 valence electrons. The molecule has 0 unspecified atom stereocenters. The van der Waals surface area contributed by atoms with Crippen LogP contribution in [0.4, 0.5) is 0 Å². The van der Waals surface area contributed by atoms with Crippen molar-refractivity contribution in [2.45, 2.75) is 34.1 Å². The van der Waals surface area contributed by atoms with Crippen molar-refractivity contribution in [3.63, 3.8) is 0 Å². The molecule has 0 saturated heterocycles. The zero-order valence-electron chi connectivity index (χ0n) is 13.5. The van der Waals surface area contributed by atoms with E-state index in [0.29, 0.717) is 5.92 Å². The number of fused-ring (bicyclic) bond motifs is 1. The molecule has 0 radical (unpaired) electrons. The van der Waals surface area contributed by atoms with Crippen LogP contribution in [0.1, 0.15) is 34.1 Å². The fourth-order valence-electron chi connectivity index (χ4n) is 1.62. The van der Waals surface area contributed by atoms with Gasteiger partial charge in [0.05, 0.1) is 5.70 Å². The predicted octanol–water partition coefficient (Wildman–Crippen LogP) is -1.46. The maximum absolute atomic E-state index is 4.47. The maximum Gasteiger partial charge on any atom is -0.109 e. The summed E-state index contributed by atoms with van der Waals surface area (Å²) in [6, 6.07) is 0. The van der Waals surface area contributed by atoms with Gasteiger partial charge in [0.1, 0.15) is 0 Å². The second-order valence-electron chi connectivity index (χ2n) is 5.21. The Balaban J connectivity index is 0. The van der Waals surface area contributed by atoms with E-state index in [0.717, 1.165) is 12.1 Å². The summed E-state index contributed by atoms with van der Waals surface area (Å²) in [6.45, 7) is 8.58. The fourth-order valence-corrected chi connectivity index (χ4v) is 1.62. The molecule has 0 aromatic carbocycles. The summed E-state index contributed by atoms with van der Waals surface area (Å²) < 4.78 is 1.51.